The van der Waals surface area contributed by atoms with Crippen molar-refractivity contribution in [1.29, 1.82) is 0 Å². The first-order chi connectivity index (χ1) is 9.80. The molecule has 9 heteroatoms. The van der Waals surface area contributed by atoms with Gasteiger partial charge >= 0.3 is 0 Å². The van der Waals surface area contributed by atoms with Gasteiger partial charge in [-0.2, -0.15) is 0 Å². The lowest BCUT2D eigenvalue weighted by Gasteiger charge is -2.56. The summed E-state index contributed by atoms with van der Waals surface area (Å²) < 4.78 is 27.0. The van der Waals surface area contributed by atoms with Crippen LogP contribution in [0.15, 0.2) is 29.2 Å². The topological polar surface area (TPSA) is 115 Å². The first kappa shape index (κ1) is 17.1. The molecule has 2 aliphatic carbocycles. The van der Waals surface area contributed by atoms with Crippen molar-refractivity contribution in [2.24, 2.45) is 11.1 Å². The molecule has 1 aromatic carbocycles. The third kappa shape index (κ3) is 3.10. The molecule has 2 fully saturated rings. The van der Waals surface area contributed by atoms with E-state index in [0.29, 0.717) is 0 Å². The second kappa shape index (κ2) is 5.77. The minimum absolute atomic E-state index is 0. The number of hydrogen-bond donors (Lipinski definition) is 2. The molecule has 0 radical (unpaired) electrons. The van der Waals surface area contributed by atoms with Gasteiger partial charge in [-0.1, -0.05) is 0 Å². The van der Waals surface area contributed by atoms with Crippen molar-refractivity contribution < 1.29 is 13.3 Å². The van der Waals surface area contributed by atoms with E-state index in [2.05, 4.69) is 4.72 Å². The Balaban J connectivity index is 0.00000176. The summed E-state index contributed by atoms with van der Waals surface area (Å²) in [5.41, 5.74) is 5.90. The van der Waals surface area contributed by atoms with Crippen LogP contribution in [0.1, 0.15) is 25.7 Å². The fourth-order valence-corrected chi connectivity index (χ4v) is 4.73. The molecule has 3 rings (SSSR count). The molecule has 2 saturated carbocycles. The summed E-state index contributed by atoms with van der Waals surface area (Å²) in [4.78, 5) is 10.1. The van der Waals surface area contributed by atoms with Gasteiger partial charge in [0, 0.05) is 24.2 Å². The summed E-state index contributed by atoms with van der Waals surface area (Å²) in [6.45, 7) is 0. The number of rotatable bonds is 4. The van der Waals surface area contributed by atoms with Gasteiger partial charge in [0.2, 0.25) is 10.0 Å². The molecule has 0 unspecified atom stereocenters. The maximum absolute atomic E-state index is 12.2. The Morgan fingerprint density at radius 2 is 1.73 bits per heavy atom. The summed E-state index contributed by atoms with van der Waals surface area (Å²) >= 11 is 0. The highest BCUT2D eigenvalue weighted by Crippen LogP contribution is 2.55. The number of benzene rings is 1. The molecule has 7 nitrogen and oxygen atoms in total. The molecular weight excluding hydrogens is 330 g/mol. The molecule has 2 aliphatic rings. The van der Waals surface area contributed by atoms with Crippen LogP contribution in [0.3, 0.4) is 0 Å². The number of nitro benzene ring substituents is 1. The number of nitrogens with one attached hydrogen (secondary N) is 1. The lowest BCUT2D eigenvalue weighted by atomic mass is 9.52. The fraction of sp³-hybridized carbons (Fsp3) is 0.538. The van der Waals surface area contributed by atoms with Crippen LogP contribution in [-0.4, -0.2) is 25.4 Å². The lowest BCUT2D eigenvalue weighted by molar-refractivity contribution is -0.384. The van der Waals surface area contributed by atoms with Crippen molar-refractivity contribution in [3.63, 3.8) is 0 Å². The van der Waals surface area contributed by atoms with Crippen molar-refractivity contribution >= 4 is 28.1 Å². The molecule has 0 bridgehead atoms. The maximum atomic E-state index is 12.2. The monoisotopic (exact) mass is 347 g/mol. The minimum atomic E-state index is -3.61. The van der Waals surface area contributed by atoms with Crippen LogP contribution in [0.25, 0.3) is 0 Å². The number of nitrogens with two attached hydrogens (primary N) is 1. The Labute approximate surface area is 134 Å². The minimum Gasteiger partial charge on any atom is -0.328 e. The van der Waals surface area contributed by atoms with Crippen molar-refractivity contribution in [1.82, 2.24) is 4.72 Å². The largest absolute Gasteiger partial charge is 0.328 e. The first-order valence-electron chi connectivity index (χ1n) is 6.82. The summed E-state index contributed by atoms with van der Waals surface area (Å²) in [5, 5.41) is 10.6. The molecule has 0 saturated heterocycles. The van der Waals surface area contributed by atoms with Gasteiger partial charge in [0.25, 0.3) is 5.69 Å². The van der Waals surface area contributed by atoms with Gasteiger partial charge in [-0.05, 0) is 43.2 Å². The zero-order valence-corrected chi connectivity index (χ0v) is 13.4. The number of halogens is 1. The van der Waals surface area contributed by atoms with E-state index in [1.807, 2.05) is 0 Å². The van der Waals surface area contributed by atoms with E-state index in [1.54, 1.807) is 0 Å². The molecule has 0 aromatic heterocycles. The first-order valence-corrected chi connectivity index (χ1v) is 8.30. The summed E-state index contributed by atoms with van der Waals surface area (Å²) in [6.07, 6.45) is 3.60. The van der Waals surface area contributed by atoms with Crippen LogP contribution in [0, 0.1) is 15.5 Å². The van der Waals surface area contributed by atoms with Crippen molar-refractivity contribution in [3.05, 3.63) is 34.4 Å². The Kier molecular flexibility index (Phi) is 4.49. The molecule has 122 valence electrons. The molecule has 0 amide bonds. The standard InChI is InChI=1S/C13H17N3O4S.ClH/c14-9-5-13(6-9)7-10(8-13)15-21(19,20)12-3-1-11(2-4-12)16(17)18;/h1-4,9-10,15H,5-8,14H2;1H. The Morgan fingerprint density at radius 1 is 1.18 bits per heavy atom. The van der Waals surface area contributed by atoms with Gasteiger partial charge in [0.05, 0.1) is 9.82 Å². The molecular formula is C13H18ClN3O4S. The number of sulfonamides is 1. The molecule has 1 aromatic rings. The molecule has 22 heavy (non-hydrogen) atoms. The average Bonchev–Trinajstić information content (AvgIpc) is 2.34. The second-order valence-corrected chi connectivity index (χ2v) is 7.86. The lowest BCUT2D eigenvalue weighted by Crippen LogP contribution is -2.59. The van der Waals surface area contributed by atoms with Gasteiger partial charge in [-0.25, -0.2) is 13.1 Å². The number of hydrogen-bond acceptors (Lipinski definition) is 5. The number of nitrogens with zero attached hydrogens (tertiary/aromatic N) is 1. The van der Waals surface area contributed by atoms with Gasteiger partial charge in [-0.15, -0.1) is 12.4 Å². The summed E-state index contributed by atoms with van der Waals surface area (Å²) in [5.74, 6) is 0. The fourth-order valence-electron chi connectivity index (χ4n) is 3.49. The van der Waals surface area contributed by atoms with E-state index in [0.717, 1.165) is 25.7 Å². The maximum Gasteiger partial charge on any atom is 0.269 e. The highest BCUT2D eigenvalue weighted by Gasteiger charge is 2.52. The SMILES string of the molecule is Cl.NC1CC2(C1)CC(NS(=O)(=O)c1ccc([N+](=O)[O-])cc1)C2. The Bertz CT molecular complexity index is 663. The van der Waals surface area contributed by atoms with Crippen molar-refractivity contribution in [2.75, 3.05) is 0 Å². The third-order valence-corrected chi connectivity index (χ3v) is 5.97. The molecule has 1 spiro atoms. The van der Waals surface area contributed by atoms with E-state index >= 15 is 0 Å². The average molecular weight is 348 g/mol. The van der Waals surface area contributed by atoms with E-state index < -0.39 is 14.9 Å². The normalized spacial score (nSPS) is 30.0. The van der Waals surface area contributed by atoms with Gasteiger partial charge < -0.3 is 5.73 Å². The van der Waals surface area contributed by atoms with Crippen LogP contribution in [0.4, 0.5) is 5.69 Å². The van der Waals surface area contributed by atoms with Crippen LogP contribution in [-0.2, 0) is 10.0 Å². The molecule has 3 N–H and O–H groups in total. The quantitative estimate of drug-likeness (QED) is 0.633. The van der Waals surface area contributed by atoms with E-state index in [-0.39, 0.29) is 40.5 Å². The second-order valence-electron chi connectivity index (χ2n) is 6.15. The summed E-state index contributed by atoms with van der Waals surface area (Å²) in [7, 11) is -3.61. The smallest absolute Gasteiger partial charge is 0.269 e. The predicted molar refractivity (Wildman–Crippen MR) is 83.3 cm³/mol. The number of non-ortho nitro benzene ring substituents is 1. The molecule has 0 atom stereocenters. The molecule has 0 heterocycles. The predicted octanol–water partition coefficient (Wildman–Crippen LogP) is 1.56. The molecule has 0 aliphatic heterocycles. The van der Waals surface area contributed by atoms with Crippen LogP contribution in [0.2, 0.25) is 0 Å². The highest BCUT2D eigenvalue weighted by molar-refractivity contribution is 7.89. The Morgan fingerprint density at radius 3 is 2.18 bits per heavy atom. The van der Waals surface area contributed by atoms with E-state index in [1.165, 1.54) is 24.3 Å². The highest BCUT2D eigenvalue weighted by atomic mass is 35.5. The van der Waals surface area contributed by atoms with E-state index in [4.69, 9.17) is 5.73 Å². The van der Waals surface area contributed by atoms with Gasteiger partial charge in [0.15, 0.2) is 0 Å². The van der Waals surface area contributed by atoms with Crippen LogP contribution < -0.4 is 10.5 Å². The Hall–Kier alpha value is -1.22. The third-order valence-electron chi connectivity index (χ3n) is 4.43. The van der Waals surface area contributed by atoms with Crippen molar-refractivity contribution in [3.8, 4) is 0 Å². The van der Waals surface area contributed by atoms with Crippen molar-refractivity contribution in [2.45, 2.75) is 42.7 Å². The zero-order valence-electron chi connectivity index (χ0n) is 11.8. The zero-order chi connectivity index (χ0) is 15.3. The van der Waals surface area contributed by atoms with Gasteiger partial charge in [0.1, 0.15) is 0 Å². The summed E-state index contributed by atoms with van der Waals surface area (Å²) in [6, 6.07) is 5.11. The van der Waals surface area contributed by atoms with Crippen LogP contribution >= 0.6 is 12.4 Å². The van der Waals surface area contributed by atoms with Gasteiger partial charge in [-0.3, -0.25) is 10.1 Å². The van der Waals surface area contributed by atoms with Crippen LogP contribution in [0.5, 0.6) is 0 Å². The van der Waals surface area contributed by atoms with E-state index in [9.17, 15) is 18.5 Å². The number of nitro groups is 1.